The third-order valence-corrected chi connectivity index (χ3v) is 5.20. The zero-order valence-electron chi connectivity index (χ0n) is 13.2. The van der Waals surface area contributed by atoms with Gasteiger partial charge in [0.15, 0.2) is 0 Å². The Morgan fingerprint density at radius 3 is 2.00 bits per heavy atom. The molecule has 3 rings (SSSR count). The first-order valence-electron chi connectivity index (χ1n) is 8.03. The average Bonchev–Trinajstić information content (AvgIpc) is 3.19. The largest absolute Gasteiger partial charge is 0.416 e. The summed E-state index contributed by atoms with van der Waals surface area (Å²) in [5.41, 5.74) is -3.09. The summed E-state index contributed by atoms with van der Waals surface area (Å²) in [6, 6.07) is 1.37. The van der Waals surface area contributed by atoms with Crippen LogP contribution >= 0.6 is 0 Å². The predicted octanol–water partition coefficient (Wildman–Crippen LogP) is 4.23. The average molecular weight is 365 g/mol. The van der Waals surface area contributed by atoms with Crippen molar-refractivity contribution in [3.8, 4) is 0 Å². The standard InChI is InChI=1S/C17H17F6NO/c18-16(19,20)11-5-10(6-12(8-11)17(21,22)23)7-14(25)13-9-15(13)1-3-24-4-2-15/h5-6,8,13,24H,1-4,7,9H2/t13-/m0/s1. The Morgan fingerprint density at radius 2 is 1.52 bits per heavy atom. The SMILES string of the molecule is O=C(Cc1cc(C(F)(F)F)cc(C(F)(F)F)c1)[C@@H]1CC12CCNCC2. The lowest BCUT2D eigenvalue weighted by Crippen LogP contribution is -2.31. The van der Waals surface area contributed by atoms with Gasteiger partial charge in [-0.15, -0.1) is 0 Å². The van der Waals surface area contributed by atoms with Crippen molar-refractivity contribution in [1.29, 1.82) is 0 Å². The van der Waals surface area contributed by atoms with Crippen LogP contribution in [0.3, 0.4) is 0 Å². The van der Waals surface area contributed by atoms with Crippen LogP contribution in [0.5, 0.6) is 0 Å². The van der Waals surface area contributed by atoms with Crippen molar-refractivity contribution in [3.05, 3.63) is 34.9 Å². The number of halogens is 6. The number of piperidine rings is 1. The number of carbonyl (C=O) groups excluding carboxylic acids is 1. The normalized spacial score (nSPS) is 22.9. The maximum atomic E-state index is 12.9. The predicted molar refractivity (Wildman–Crippen MR) is 77.8 cm³/mol. The highest BCUT2D eigenvalue weighted by molar-refractivity contribution is 5.86. The second kappa shape index (κ2) is 6.00. The summed E-state index contributed by atoms with van der Waals surface area (Å²) in [7, 11) is 0. The van der Waals surface area contributed by atoms with Crippen LogP contribution in [0.15, 0.2) is 18.2 Å². The Kier molecular flexibility index (Phi) is 4.38. The van der Waals surface area contributed by atoms with Crippen molar-refractivity contribution in [1.82, 2.24) is 5.32 Å². The van der Waals surface area contributed by atoms with Gasteiger partial charge in [0.2, 0.25) is 0 Å². The van der Waals surface area contributed by atoms with Crippen molar-refractivity contribution in [2.75, 3.05) is 13.1 Å². The molecule has 1 aliphatic carbocycles. The fourth-order valence-corrected chi connectivity index (χ4v) is 3.73. The van der Waals surface area contributed by atoms with Crippen molar-refractivity contribution < 1.29 is 31.1 Å². The molecular weight excluding hydrogens is 348 g/mol. The molecule has 1 heterocycles. The number of alkyl halides is 6. The molecule has 1 atom stereocenters. The lowest BCUT2D eigenvalue weighted by Gasteiger charge is -2.23. The number of hydrogen-bond acceptors (Lipinski definition) is 2. The maximum Gasteiger partial charge on any atom is 0.416 e. The Hall–Kier alpha value is -1.57. The highest BCUT2D eigenvalue weighted by Gasteiger charge is 2.57. The van der Waals surface area contributed by atoms with E-state index in [9.17, 15) is 31.1 Å². The lowest BCUT2D eigenvalue weighted by molar-refractivity contribution is -0.143. The van der Waals surface area contributed by atoms with Gasteiger partial charge in [0.25, 0.3) is 0 Å². The van der Waals surface area contributed by atoms with Gasteiger partial charge < -0.3 is 5.32 Å². The van der Waals surface area contributed by atoms with Gasteiger partial charge in [-0.1, -0.05) is 0 Å². The molecule has 138 valence electrons. The Balaban J connectivity index is 1.81. The molecule has 1 aromatic rings. The van der Waals surface area contributed by atoms with Crippen molar-refractivity contribution in [2.24, 2.45) is 11.3 Å². The minimum atomic E-state index is -4.89. The van der Waals surface area contributed by atoms with Crippen LogP contribution in [-0.2, 0) is 23.6 Å². The minimum absolute atomic E-state index is 0.0827. The number of nitrogens with one attached hydrogen (secondary N) is 1. The van der Waals surface area contributed by atoms with Crippen molar-refractivity contribution >= 4 is 5.78 Å². The van der Waals surface area contributed by atoms with E-state index in [1.807, 2.05) is 0 Å². The van der Waals surface area contributed by atoms with Crippen LogP contribution in [0, 0.1) is 11.3 Å². The van der Waals surface area contributed by atoms with Gasteiger partial charge in [0.1, 0.15) is 5.78 Å². The van der Waals surface area contributed by atoms with E-state index in [4.69, 9.17) is 0 Å². The molecule has 2 nitrogen and oxygen atoms in total. The molecule has 8 heteroatoms. The molecule has 0 unspecified atom stereocenters. The first kappa shape index (κ1) is 18.2. The van der Waals surface area contributed by atoms with Gasteiger partial charge >= 0.3 is 12.4 Å². The van der Waals surface area contributed by atoms with E-state index in [2.05, 4.69) is 5.32 Å². The van der Waals surface area contributed by atoms with E-state index in [0.29, 0.717) is 18.6 Å². The van der Waals surface area contributed by atoms with Gasteiger partial charge in [-0.25, -0.2) is 0 Å². The molecular formula is C17H17F6NO. The van der Waals surface area contributed by atoms with Crippen LogP contribution in [0.4, 0.5) is 26.3 Å². The molecule has 2 aliphatic rings. The van der Waals surface area contributed by atoms with E-state index in [1.54, 1.807) is 0 Å². The van der Waals surface area contributed by atoms with Crippen LogP contribution in [0.25, 0.3) is 0 Å². The Morgan fingerprint density at radius 1 is 1.00 bits per heavy atom. The molecule has 2 fully saturated rings. The fourth-order valence-electron chi connectivity index (χ4n) is 3.73. The number of ketones is 1. The molecule has 0 aromatic heterocycles. The van der Waals surface area contributed by atoms with Crippen LogP contribution in [0.2, 0.25) is 0 Å². The van der Waals surface area contributed by atoms with E-state index < -0.39 is 29.9 Å². The number of hydrogen-bond donors (Lipinski definition) is 1. The highest BCUT2D eigenvalue weighted by Crippen LogP contribution is 2.59. The number of rotatable bonds is 3. The van der Waals surface area contributed by atoms with Crippen LogP contribution < -0.4 is 5.32 Å². The second-order valence-corrected chi connectivity index (χ2v) is 6.93. The summed E-state index contributed by atoms with van der Waals surface area (Å²) < 4.78 is 77.2. The van der Waals surface area contributed by atoms with Gasteiger partial charge in [-0.05, 0) is 61.5 Å². The zero-order valence-corrected chi connectivity index (χ0v) is 13.2. The molecule has 1 spiro atoms. The van der Waals surface area contributed by atoms with E-state index in [0.717, 1.165) is 25.9 Å². The molecule has 1 aromatic carbocycles. The molecule has 1 saturated heterocycles. The van der Waals surface area contributed by atoms with Gasteiger partial charge in [0.05, 0.1) is 11.1 Å². The molecule has 0 bridgehead atoms. The summed E-state index contributed by atoms with van der Waals surface area (Å²) >= 11 is 0. The number of carbonyl (C=O) groups is 1. The maximum absolute atomic E-state index is 12.9. The summed E-state index contributed by atoms with van der Waals surface area (Å²) in [6.45, 7) is 1.57. The molecule has 1 aliphatic heterocycles. The molecule has 0 radical (unpaired) electrons. The monoisotopic (exact) mass is 365 g/mol. The Labute approximate surface area is 140 Å². The first-order chi connectivity index (χ1) is 11.5. The molecule has 25 heavy (non-hydrogen) atoms. The van der Waals surface area contributed by atoms with Gasteiger partial charge in [-0.3, -0.25) is 4.79 Å². The van der Waals surface area contributed by atoms with E-state index in [1.165, 1.54) is 0 Å². The second-order valence-electron chi connectivity index (χ2n) is 6.93. The zero-order chi connectivity index (χ0) is 18.5. The third-order valence-electron chi connectivity index (χ3n) is 5.20. The number of benzene rings is 1. The van der Waals surface area contributed by atoms with E-state index >= 15 is 0 Å². The van der Waals surface area contributed by atoms with Crippen molar-refractivity contribution in [3.63, 3.8) is 0 Å². The highest BCUT2D eigenvalue weighted by atomic mass is 19.4. The fraction of sp³-hybridized carbons (Fsp3) is 0.588. The van der Waals surface area contributed by atoms with Gasteiger partial charge in [-0.2, -0.15) is 26.3 Å². The molecule has 1 saturated carbocycles. The smallest absolute Gasteiger partial charge is 0.317 e. The topological polar surface area (TPSA) is 29.1 Å². The van der Waals surface area contributed by atoms with Gasteiger partial charge in [0, 0.05) is 12.3 Å². The summed E-state index contributed by atoms with van der Waals surface area (Å²) in [5, 5.41) is 3.18. The molecule has 0 amide bonds. The summed E-state index contributed by atoms with van der Waals surface area (Å²) in [4.78, 5) is 12.4. The first-order valence-corrected chi connectivity index (χ1v) is 8.03. The quantitative estimate of drug-likeness (QED) is 0.813. The van der Waals surface area contributed by atoms with E-state index in [-0.39, 0.29) is 28.7 Å². The third kappa shape index (κ3) is 3.83. The summed E-state index contributed by atoms with van der Waals surface area (Å²) in [6.07, 6.45) is -7.87. The summed E-state index contributed by atoms with van der Waals surface area (Å²) in [5.74, 6) is -0.521. The lowest BCUT2D eigenvalue weighted by atomic mass is 9.89. The minimum Gasteiger partial charge on any atom is -0.317 e. The van der Waals surface area contributed by atoms with Crippen molar-refractivity contribution in [2.45, 2.75) is 38.0 Å². The molecule has 1 N–H and O–H groups in total. The number of Topliss-reactive ketones (excluding diaryl/α,β-unsaturated/α-hetero) is 1. The van der Waals surface area contributed by atoms with Crippen LogP contribution in [0.1, 0.15) is 36.0 Å². The van der Waals surface area contributed by atoms with Crippen LogP contribution in [-0.4, -0.2) is 18.9 Å². The Bertz CT molecular complexity index is 640.